The van der Waals surface area contributed by atoms with Gasteiger partial charge in [0.25, 0.3) is 5.91 Å². The highest BCUT2D eigenvalue weighted by Crippen LogP contribution is 2.22. The molecule has 0 aliphatic carbocycles. The number of nitrogens with zero attached hydrogens (tertiary/aromatic N) is 3. The Labute approximate surface area is 166 Å². The van der Waals surface area contributed by atoms with Crippen LogP contribution in [0.2, 0.25) is 0 Å². The Morgan fingerprint density at radius 3 is 2.68 bits per heavy atom. The summed E-state index contributed by atoms with van der Waals surface area (Å²) in [4.78, 5) is 21.1. The van der Waals surface area contributed by atoms with E-state index in [0.29, 0.717) is 31.9 Å². The summed E-state index contributed by atoms with van der Waals surface area (Å²) in [5.74, 6) is 0.838. The van der Waals surface area contributed by atoms with E-state index in [-0.39, 0.29) is 12.0 Å². The molecule has 0 N–H and O–H groups in total. The standard InChI is InChI=1S/C22H27N3O3/c26-22(25-11-13-27-14-12-25)19-4-1-5-21(15-19)28-20-6-9-24(10-7-20)17-18-3-2-8-23-16-18/h1-5,8,15-16,20H,6-7,9-14,17H2. The molecule has 6 nitrogen and oxygen atoms in total. The first-order chi connectivity index (χ1) is 13.8. The first-order valence-electron chi connectivity index (χ1n) is 10.0. The van der Waals surface area contributed by atoms with E-state index >= 15 is 0 Å². The zero-order chi connectivity index (χ0) is 19.2. The topological polar surface area (TPSA) is 54.9 Å². The maximum Gasteiger partial charge on any atom is 0.254 e. The van der Waals surface area contributed by atoms with Gasteiger partial charge in [0.15, 0.2) is 0 Å². The van der Waals surface area contributed by atoms with Crippen molar-refractivity contribution in [1.82, 2.24) is 14.8 Å². The number of piperidine rings is 1. The van der Waals surface area contributed by atoms with Crippen molar-refractivity contribution in [1.29, 1.82) is 0 Å². The van der Waals surface area contributed by atoms with Gasteiger partial charge >= 0.3 is 0 Å². The third-order valence-corrected chi connectivity index (χ3v) is 5.35. The van der Waals surface area contributed by atoms with Gasteiger partial charge in [-0.3, -0.25) is 14.7 Å². The number of aromatic nitrogens is 1. The van der Waals surface area contributed by atoms with Crippen molar-refractivity contribution < 1.29 is 14.3 Å². The Balaban J connectivity index is 1.30. The number of carbonyl (C=O) groups is 1. The minimum atomic E-state index is 0.0556. The number of benzene rings is 1. The number of rotatable bonds is 5. The van der Waals surface area contributed by atoms with E-state index in [9.17, 15) is 4.79 Å². The van der Waals surface area contributed by atoms with E-state index in [4.69, 9.17) is 9.47 Å². The van der Waals surface area contributed by atoms with E-state index in [1.54, 1.807) is 0 Å². The van der Waals surface area contributed by atoms with Gasteiger partial charge in [0, 0.05) is 50.7 Å². The molecule has 0 saturated carbocycles. The van der Waals surface area contributed by atoms with Gasteiger partial charge in [-0.2, -0.15) is 0 Å². The van der Waals surface area contributed by atoms with Crippen LogP contribution in [0.4, 0.5) is 0 Å². The van der Waals surface area contributed by atoms with Crippen molar-refractivity contribution in [2.24, 2.45) is 0 Å². The predicted molar refractivity (Wildman–Crippen MR) is 106 cm³/mol. The van der Waals surface area contributed by atoms with Crippen LogP contribution in [-0.4, -0.2) is 66.2 Å². The maximum absolute atomic E-state index is 12.7. The lowest BCUT2D eigenvalue weighted by atomic mass is 10.1. The summed E-state index contributed by atoms with van der Waals surface area (Å²) in [5.41, 5.74) is 1.93. The number of hydrogen-bond acceptors (Lipinski definition) is 5. The molecule has 148 valence electrons. The molecule has 2 aliphatic rings. The minimum absolute atomic E-state index is 0.0556. The summed E-state index contributed by atoms with van der Waals surface area (Å²) in [6.45, 7) is 5.47. The molecule has 2 saturated heterocycles. The second-order valence-corrected chi connectivity index (χ2v) is 7.39. The number of pyridine rings is 1. The lowest BCUT2D eigenvalue weighted by Crippen LogP contribution is -2.40. The lowest BCUT2D eigenvalue weighted by Gasteiger charge is -2.32. The van der Waals surface area contributed by atoms with E-state index in [2.05, 4.69) is 16.0 Å². The second-order valence-electron chi connectivity index (χ2n) is 7.39. The largest absolute Gasteiger partial charge is 0.490 e. The molecular weight excluding hydrogens is 354 g/mol. The molecule has 1 aromatic heterocycles. The molecule has 6 heteroatoms. The molecule has 0 bridgehead atoms. The molecule has 3 heterocycles. The maximum atomic E-state index is 12.7. The van der Waals surface area contributed by atoms with Crippen LogP contribution in [0.5, 0.6) is 5.75 Å². The fraction of sp³-hybridized carbons (Fsp3) is 0.455. The van der Waals surface area contributed by atoms with Crippen molar-refractivity contribution >= 4 is 5.91 Å². The Hall–Kier alpha value is -2.44. The predicted octanol–water partition coefficient (Wildman–Crippen LogP) is 2.60. The Bertz CT molecular complexity index is 770. The molecule has 2 aliphatic heterocycles. The van der Waals surface area contributed by atoms with Crippen LogP contribution in [-0.2, 0) is 11.3 Å². The number of hydrogen-bond donors (Lipinski definition) is 0. The summed E-state index contributed by atoms with van der Waals surface area (Å²) < 4.78 is 11.5. The molecule has 0 atom stereocenters. The Morgan fingerprint density at radius 1 is 1.11 bits per heavy atom. The first-order valence-corrected chi connectivity index (χ1v) is 10.0. The van der Waals surface area contributed by atoms with Gasteiger partial charge in [0.05, 0.1) is 13.2 Å². The van der Waals surface area contributed by atoms with Gasteiger partial charge in [0.1, 0.15) is 11.9 Å². The van der Waals surface area contributed by atoms with Gasteiger partial charge in [-0.05, 0) is 42.7 Å². The van der Waals surface area contributed by atoms with Gasteiger partial charge in [-0.15, -0.1) is 0 Å². The SMILES string of the molecule is O=C(c1cccc(OC2CCN(Cc3cccnc3)CC2)c1)N1CCOCC1. The second kappa shape index (κ2) is 9.17. The number of likely N-dealkylation sites (tertiary alicyclic amines) is 1. The van der Waals surface area contributed by atoms with Gasteiger partial charge in [-0.25, -0.2) is 0 Å². The molecule has 1 aromatic carbocycles. The normalized spacial score (nSPS) is 18.8. The minimum Gasteiger partial charge on any atom is -0.490 e. The van der Waals surface area contributed by atoms with Crippen molar-refractivity contribution in [3.63, 3.8) is 0 Å². The monoisotopic (exact) mass is 381 g/mol. The zero-order valence-electron chi connectivity index (χ0n) is 16.1. The molecule has 1 amide bonds. The van der Waals surface area contributed by atoms with E-state index < -0.39 is 0 Å². The fourth-order valence-electron chi connectivity index (χ4n) is 3.78. The molecule has 0 radical (unpaired) electrons. The van der Waals surface area contributed by atoms with E-state index in [1.807, 2.05) is 47.6 Å². The molecular formula is C22H27N3O3. The highest BCUT2D eigenvalue weighted by Gasteiger charge is 2.22. The molecule has 4 rings (SSSR count). The van der Waals surface area contributed by atoms with Crippen LogP contribution in [0.15, 0.2) is 48.8 Å². The van der Waals surface area contributed by atoms with Crippen LogP contribution in [0.3, 0.4) is 0 Å². The highest BCUT2D eigenvalue weighted by molar-refractivity contribution is 5.94. The third-order valence-electron chi connectivity index (χ3n) is 5.35. The molecule has 0 spiro atoms. The van der Waals surface area contributed by atoms with Gasteiger partial charge in [0.2, 0.25) is 0 Å². The summed E-state index contributed by atoms with van der Waals surface area (Å²) >= 11 is 0. The smallest absolute Gasteiger partial charge is 0.254 e. The van der Waals surface area contributed by atoms with E-state index in [1.165, 1.54) is 5.56 Å². The van der Waals surface area contributed by atoms with Crippen LogP contribution < -0.4 is 4.74 Å². The average molecular weight is 381 g/mol. The quantitative estimate of drug-likeness (QED) is 0.797. The van der Waals surface area contributed by atoms with Crippen LogP contribution >= 0.6 is 0 Å². The van der Waals surface area contributed by atoms with Crippen molar-refractivity contribution in [3.8, 4) is 5.75 Å². The van der Waals surface area contributed by atoms with Gasteiger partial charge < -0.3 is 14.4 Å². The van der Waals surface area contributed by atoms with Crippen LogP contribution in [0.1, 0.15) is 28.8 Å². The summed E-state index contributed by atoms with van der Waals surface area (Å²) in [7, 11) is 0. The first kappa shape index (κ1) is 18.9. The summed E-state index contributed by atoms with van der Waals surface area (Å²) in [6.07, 6.45) is 5.91. The fourth-order valence-corrected chi connectivity index (χ4v) is 3.78. The zero-order valence-corrected chi connectivity index (χ0v) is 16.1. The van der Waals surface area contributed by atoms with Crippen LogP contribution in [0, 0.1) is 0 Å². The van der Waals surface area contributed by atoms with Crippen molar-refractivity contribution in [2.45, 2.75) is 25.5 Å². The lowest BCUT2D eigenvalue weighted by molar-refractivity contribution is 0.0302. The highest BCUT2D eigenvalue weighted by atomic mass is 16.5. The molecule has 28 heavy (non-hydrogen) atoms. The van der Waals surface area contributed by atoms with Crippen molar-refractivity contribution in [3.05, 3.63) is 59.9 Å². The Morgan fingerprint density at radius 2 is 1.93 bits per heavy atom. The van der Waals surface area contributed by atoms with Crippen LogP contribution in [0.25, 0.3) is 0 Å². The number of morpholine rings is 1. The van der Waals surface area contributed by atoms with Gasteiger partial charge in [-0.1, -0.05) is 12.1 Å². The number of ether oxygens (including phenoxy) is 2. The van der Waals surface area contributed by atoms with E-state index in [0.717, 1.165) is 38.2 Å². The third kappa shape index (κ3) is 4.88. The molecule has 2 aromatic rings. The number of amides is 1. The molecule has 2 fully saturated rings. The Kier molecular flexibility index (Phi) is 6.19. The summed E-state index contributed by atoms with van der Waals surface area (Å²) in [5, 5.41) is 0. The average Bonchev–Trinajstić information content (AvgIpc) is 2.76. The number of carbonyl (C=O) groups excluding carboxylic acids is 1. The molecule has 0 unspecified atom stereocenters. The summed E-state index contributed by atoms with van der Waals surface area (Å²) in [6, 6.07) is 11.7. The van der Waals surface area contributed by atoms with Crippen molar-refractivity contribution in [2.75, 3.05) is 39.4 Å².